The van der Waals surface area contributed by atoms with Crippen molar-refractivity contribution in [3.63, 3.8) is 0 Å². The molecule has 2 heterocycles. The standard InChI is InChI=1S/C20H18N4O10/c1-3-20(33,13-8(17(28)29)4-5-24(16(13)27)19(31)32)18(30)23-11-6-9-10(7-12(11)34-2)22-15(26)14(25)21-9/h4-7,33H,3H2,1-2H3,(H,21,25)(H,22,26)(H,23,30)(H,28,29)(H,31,32). The fraction of sp³-hybridized carbons (Fsp3) is 0.200. The predicted octanol–water partition coefficient (Wildman–Crippen LogP) is -0.153. The van der Waals surface area contributed by atoms with E-state index in [9.17, 15) is 44.1 Å². The van der Waals surface area contributed by atoms with Crippen molar-refractivity contribution in [2.45, 2.75) is 18.9 Å². The van der Waals surface area contributed by atoms with E-state index in [4.69, 9.17) is 4.74 Å². The highest BCUT2D eigenvalue weighted by Crippen LogP contribution is 2.32. The van der Waals surface area contributed by atoms with Crippen molar-refractivity contribution in [2.75, 3.05) is 12.4 Å². The molecule has 3 rings (SSSR count). The highest BCUT2D eigenvalue weighted by Gasteiger charge is 2.43. The number of benzene rings is 1. The number of amides is 1. The molecule has 34 heavy (non-hydrogen) atoms. The zero-order valence-corrected chi connectivity index (χ0v) is 17.7. The number of aromatic amines is 2. The number of H-pyrrole nitrogens is 2. The second-order valence-electron chi connectivity index (χ2n) is 7.04. The summed E-state index contributed by atoms with van der Waals surface area (Å²) in [5, 5.41) is 32.2. The van der Waals surface area contributed by atoms with Crippen LogP contribution in [0.2, 0.25) is 0 Å². The molecule has 0 saturated heterocycles. The molecule has 0 aliphatic carbocycles. The lowest BCUT2D eigenvalue weighted by Crippen LogP contribution is -2.47. The minimum atomic E-state index is -2.78. The minimum absolute atomic E-state index is 0.0172. The van der Waals surface area contributed by atoms with Crippen LogP contribution < -0.4 is 26.7 Å². The van der Waals surface area contributed by atoms with Gasteiger partial charge in [-0.2, -0.15) is 0 Å². The number of aromatic carboxylic acids is 1. The van der Waals surface area contributed by atoms with E-state index < -0.39 is 57.8 Å². The summed E-state index contributed by atoms with van der Waals surface area (Å²) in [6.07, 6.45) is -1.58. The van der Waals surface area contributed by atoms with Gasteiger partial charge in [-0.25, -0.2) is 14.2 Å². The van der Waals surface area contributed by atoms with Crippen LogP contribution in [0, 0.1) is 0 Å². The molecule has 0 aliphatic rings. The highest BCUT2D eigenvalue weighted by atomic mass is 16.5. The summed E-state index contributed by atoms with van der Waals surface area (Å²) in [6, 6.07) is 3.26. The number of pyridine rings is 1. The first-order chi connectivity index (χ1) is 15.9. The number of anilines is 1. The van der Waals surface area contributed by atoms with E-state index in [1.165, 1.54) is 26.2 Å². The molecule has 0 saturated carbocycles. The van der Waals surface area contributed by atoms with E-state index in [0.29, 0.717) is 6.20 Å². The Morgan fingerprint density at radius 3 is 2.18 bits per heavy atom. The van der Waals surface area contributed by atoms with Crippen molar-refractivity contribution in [3.05, 3.63) is 66.6 Å². The van der Waals surface area contributed by atoms with Crippen molar-refractivity contribution in [1.29, 1.82) is 0 Å². The number of carboxylic acids is 1. The number of nitrogens with one attached hydrogen (secondary N) is 3. The van der Waals surface area contributed by atoms with Gasteiger partial charge in [0.15, 0.2) is 5.60 Å². The number of nitrogens with zero attached hydrogens (tertiary/aromatic N) is 1. The average Bonchev–Trinajstić information content (AvgIpc) is 2.78. The quantitative estimate of drug-likeness (QED) is 0.259. The van der Waals surface area contributed by atoms with E-state index in [0.717, 1.165) is 6.07 Å². The number of carbonyl (C=O) groups excluding carboxylic acids is 1. The number of hydrogen-bond donors (Lipinski definition) is 6. The van der Waals surface area contributed by atoms with Gasteiger partial charge in [-0.05, 0) is 18.6 Å². The Bertz CT molecular complexity index is 1520. The molecule has 0 radical (unpaired) electrons. The van der Waals surface area contributed by atoms with Crippen molar-refractivity contribution < 1.29 is 34.4 Å². The third-order valence-electron chi connectivity index (χ3n) is 5.12. The molecule has 1 atom stereocenters. The molecular formula is C20H18N4O10. The van der Waals surface area contributed by atoms with Crippen LogP contribution >= 0.6 is 0 Å². The number of hydrogen-bond acceptors (Lipinski definition) is 8. The topological polar surface area (TPSA) is 221 Å². The van der Waals surface area contributed by atoms with Gasteiger partial charge >= 0.3 is 23.2 Å². The Balaban J connectivity index is 2.19. The summed E-state index contributed by atoms with van der Waals surface area (Å²) >= 11 is 0. The number of methoxy groups -OCH3 is 1. The van der Waals surface area contributed by atoms with Crippen molar-refractivity contribution >= 4 is 34.7 Å². The molecule has 1 aromatic carbocycles. The Kier molecular flexibility index (Phi) is 6.10. The largest absolute Gasteiger partial charge is 0.494 e. The van der Waals surface area contributed by atoms with Gasteiger partial charge in [0.2, 0.25) is 0 Å². The molecular weight excluding hydrogens is 456 g/mol. The molecule has 3 aromatic rings. The van der Waals surface area contributed by atoms with Crippen LogP contribution in [-0.2, 0) is 10.4 Å². The van der Waals surface area contributed by atoms with E-state index in [1.54, 1.807) is 0 Å². The van der Waals surface area contributed by atoms with Crippen molar-refractivity contribution in [3.8, 4) is 5.75 Å². The van der Waals surface area contributed by atoms with E-state index in [1.807, 2.05) is 0 Å². The minimum Gasteiger partial charge on any atom is -0.494 e. The predicted molar refractivity (Wildman–Crippen MR) is 116 cm³/mol. The van der Waals surface area contributed by atoms with Gasteiger partial charge in [-0.1, -0.05) is 6.92 Å². The summed E-state index contributed by atoms with van der Waals surface area (Å²) in [6.45, 7) is 1.28. The second-order valence-corrected chi connectivity index (χ2v) is 7.04. The third-order valence-corrected chi connectivity index (χ3v) is 5.12. The number of carboxylic acid groups (broad SMARTS) is 2. The molecule has 1 unspecified atom stereocenters. The number of carbonyl (C=O) groups is 3. The monoisotopic (exact) mass is 474 g/mol. The summed E-state index contributed by atoms with van der Waals surface area (Å²) in [7, 11) is 1.23. The zero-order chi connectivity index (χ0) is 25.4. The zero-order valence-electron chi connectivity index (χ0n) is 17.7. The van der Waals surface area contributed by atoms with Gasteiger partial charge in [0.1, 0.15) is 5.75 Å². The first-order valence-corrected chi connectivity index (χ1v) is 9.55. The SMILES string of the molecule is CCC(O)(C(=O)Nc1cc2[nH]c(=O)c(=O)[nH]c2cc1OC)c1c(C(=O)O)ccn(C(=O)O)c1=O. The number of fused-ring (bicyclic) bond motifs is 1. The summed E-state index contributed by atoms with van der Waals surface area (Å²) < 4.78 is 5.30. The maximum Gasteiger partial charge on any atom is 0.418 e. The van der Waals surface area contributed by atoms with Gasteiger partial charge in [0.25, 0.3) is 11.5 Å². The van der Waals surface area contributed by atoms with Crippen molar-refractivity contribution in [2.24, 2.45) is 0 Å². The van der Waals surface area contributed by atoms with Crippen LogP contribution in [0.1, 0.15) is 29.3 Å². The summed E-state index contributed by atoms with van der Waals surface area (Å²) in [4.78, 5) is 76.8. The first-order valence-electron chi connectivity index (χ1n) is 9.55. The molecule has 0 bridgehead atoms. The number of ether oxygens (including phenoxy) is 1. The molecule has 0 aliphatic heterocycles. The van der Waals surface area contributed by atoms with Crippen molar-refractivity contribution in [1.82, 2.24) is 14.5 Å². The lowest BCUT2D eigenvalue weighted by Gasteiger charge is -2.27. The fourth-order valence-corrected chi connectivity index (χ4v) is 3.35. The summed E-state index contributed by atoms with van der Waals surface area (Å²) in [5.74, 6) is -2.97. The number of aliphatic hydroxyl groups is 1. The fourth-order valence-electron chi connectivity index (χ4n) is 3.35. The molecule has 14 nitrogen and oxygen atoms in total. The van der Waals surface area contributed by atoms with Gasteiger partial charge in [0.05, 0.1) is 35.0 Å². The molecule has 178 valence electrons. The molecule has 0 fully saturated rings. The van der Waals surface area contributed by atoms with Gasteiger partial charge in [-0.15, -0.1) is 0 Å². The maximum atomic E-state index is 13.2. The normalized spacial score (nSPS) is 12.7. The molecule has 2 aromatic heterocycles. The van der Waals surface area contributed by atoms with Gasteiger partial charge in [-0.3, -0.25) is 19.2 Å². The molecule has 1 amide bonds. The Hall–Kier alpha value is -4.72. The molecule has 14 heteroatoms. The van der Waals surface area contributed by atoms with Crippen LogP contribution in [0.4, 0.5) is 10.5 Å². The highest BCUT2D eigenvalue weighted by molar-refractivity contribution is 6.02. The second kappa shape index (κ2) is 8.67. The first kappa shape index (κ1) is 23.9. The smallest absolute Gasteiger partial charge is 0.418 e. The van der Waals surface area contributed by atoms with Crippen LogP contribution in [0.15, 0.2) is 38.8 Å². The van der Waals surface area contributed by atoms with E-state index in [2.05, 4.69) is 15.3 Å². The van der Waals surface area contributed by atoms with E-state index in [-0.39, 0.29) is 27.0 Å². The Morgan fingerprint density at radius 1 is 1.09 bits per heavy atom. The Morgan fingerprint density at radius 2 is 1.68 bits per heavy atom. The average molecular weight is 474 g/mol. The third kappa shape index (κ3) is 3.93. The Labute approximate surface area is 188 Å². The van der Waals surface area contributed by atoms with Crippen LogP contribution in [0.25, 0.3) is 11.0 Å². The lowest BCUT2D eigenvalue weighted by molar-refractivity contribution is -0.135. The lowest BCUT2D eigenvalue weighted by atomic mass is 9.87. The van der Waals surface area contributed by atoms with Gasteiger partial charge in [0, 0.05) is 12.3 Å². The van der Waals surface area contributed by atoms with Gasteiger partial charge < -0.3 is 35.3 Å². The number of rotatable bonds is 6. The van der Waals surface area contributed by atoms with E-state index >= 15 is 0 Å². The van der Waals surface area contributed by atoms with Crippen LogP contribution in [0.5, 0.6) is 5.75 Å². The molecule has 0 spiro atoms. The van der Waals surface area contributed by atoms with Crippen LogP contribution in [-0.4, -0.2) is 54.9 Å². The molecule has 6 N–H and O–H groups in total. The van der Waals surface area contributed by atoms with Crippen LogP contribution in [0.3, 0.4) is 0 Å². The maximum absolute atomic E-state index is 13.2. The number of aromatic nitrogens is 3. The summed E-state index contributed by atoms with van der Waals surface area (Å²) in [5.41, 5.74) is -7.68.